The van der Waals surface area contributed by atoms with Crippen LogP contribution in [0.25, 0.3) is 0 Å². The van der Waals surface area contributed by atoms with Gasteiger partial charge in [0.1, 0.15) is 5.82 Å². The molecule has 1 rings (SSSR count). The Morgan fingerprint density at radius 2 is 2.46 bits per heavy atom. The summed E-state index contributed by atoms with van der Waals surface area (Å²) in [5.74, 6) is 3.30. The minimum absolute atomic E-state index is 0.787. The maximum atomic E-state index is 5.41. The zero-order valence-electron chi connectivity index (χ0n) is 8.07. The summed E-state index contributed by atoms with van der Waals surface area (Å²) in [5, 5.41) is 0. The van der Waals surface area contributed by atoms with Crippen LogP contribution in [0.1, 0.15) is 19.2 Å². The van der Waals surface area contributed by atoms with Crippen LogP contribution in [0.5, 0.6) is 0 Å². The van der Waals surface area contributed by atoms with Gasteiger partial charge in [-0.25, -0.2) is 4.98 Å². The number of nitrogens with zero attached hydrogens (tertiary/aromatic N) is 2. The van der Waals surface area contributed by atoms with Gasteiger partial charge >= 0.3 is 0 Å². The summed E-state index contributed by atoms with van der Waals surface area (Å²) in [6.07, 6.45) is 4.98. The van der Waals surface area contributed by atoms with Crippen LogP contribution in [0.2, 0.25) is 0 Å². The van der Waals surface area contributed by atoms with E-state index in [1.54, 1.807) is 0 Å². The lowest BCUT2D eigenvalue weighted by atomic mass is 10.5. The molecule has 0 unspecified atom stereocenters. The molecule has 3 nitrogen and oxygen atoms in total. The lowest BCUT2D eigenvalue weighted by Crippen LogP contribution is -2.02. The molecule has 0 bridgehead atoms. The number of rotatable bonds is 6. The minimum Gasteiger partial charge on any atom is -0.335 e. The molecule has 0 aliphatic heterocycles. The molecular weight excluding hydrogens is 182 g/mol. The maximum absolute atomic E-state index is 5.41. The number of aryl methyl sites for hydroxylation is 1. The van der Waals surface area contributed by atoms with Crippen molar-refractivity contribution in [3.8, 4) is 0 Å². The molecule has 13 heavy (non-hydrogen) atoms. The zero-order chi connectivity index (χ0) is 9.52. The Morgan fingerprint density at radius 1 is 1.62 bits per heavy atom. The lowest BCUT2D eigenvalue weighted by molar-refractivity contribution is 0.725. The van der Waals surface area contributed by atoms with Crippen LogP contribution in [0.15, 0.2) is 12.4 Å². The normalized spacial score (nSPS) is 10.6. The second-order valence-corrected chi connectivity index (χ2v) is 3.93. The van der Waals surface area contributed by atoms with Gasteiger partial charge in [0, 0.05) is 18.9 Å². The van der Waals surface area contributed by atoms with Crippen LogP contribution in [-0.2, 0) is 12.3 Å². The average molecular weight is 199 g/mol. The summed E-state index contributed by atoms with van der Waals surface area (Å²) in [7, 11) is 0. The van der Waals surface area contributed by atoms with Gasteiger partial charge in [0.15, 0.2) is 0 Å². The molecule has 1 aromatic rings. The molecule has 0 saturated carbocycles. The Hall–Kier alpha value is -0.480. The number of imidazole rings is 1. The fourth-order valence-electron chi connectivity index (χ4n) is 1.12. The van der Waals surface area contributed by atoms with Crippen LogP contribution >= 0.6 is 11.8 Å². The molecule has 0 fully saturated rings. The smallest absolute Gasteiger partial charge is 0.118 e. The summed E-state index contributed by atoms with van der Waals surface area (Å²) >= 11 is 1.90. The number of thioether (sulfide) groups is 1. The molecule has 0 aliphatic carbocycles. The molecule has 0 amide bonds. The Kier molecular flexibility index (Phi) is 4.93. The molecule has 0 aliphatic rings. The van der Waals surface area contributed by atoms with Crippen molar-refractivity contribution in [1.82, 2.24) is 9.55 Å². The van der Waals surface area contributed by atoms with Crippen LogP contribution < -0.4 is 5.73 Å². The van der Waals surface area contributed by atoms with Gasteiger partial charge < -0.3 is 10.3 Å². The van der Waals surface area contributed by atoms with Gasteiger partial charge in [0.2, 0.25) is 0 Å². The number of hydrogen-bond acceptors (Lipinski definition) is 3. The molecule has 2 N–H and O–H groups in total. The van der Waals surface area contributed by atoms with E-state index in [4.69, 9.17) is 5.73 Å². The highest BCUT2D eigenvalue weighted by Crippen LogP contribution is 2.11. The van der Waals surface area contributed by atoms with Crippen molar-refractivity contribution in [3.05, 3.63) is 18.2 Å². The van der Waals surface area contributed by atoms with Crippen molar-refractivity contribution >= 4 is 11.8 Å². The molecule has 0 saturated heterocycles. The number of aromatic nitrogens is 2. The Bertz CT molecular complexity index is 235. The van der Waals surface area contributed by atoms with E-state index in [1.807, 2.05) is 24.2 Å². The first kappa shape index (κ1) is 10.6. The summed E-state index contributed by atoms with van der Waals surface area (Å²) in [6.45, 7) is 3.93. The molecule has 4 heteroatoms. The Morgan fingerprint density at radius 3 is 3.15 bits per heavy atom. The van der Waals surface area contributed by atoms with Gasteiger partial charge in [-0.2, -0.15) is 11.8 Å². The molecular formula is C9H17N3S. The van der Waals surface area contributed by atoms with E-state index in [2.05, 4.69) is 16.5 Å². The third kappa shape index (κ3) is 3.40. The van der Waals surface area contributed by atoms with Gasteiger partial charge in [-0.1, -0.05) is 0 Å². The summed E-state index contributed by atoms with van der Waals surface area (Å²) < 4.78 is 2.18. The zero-order valence-corrected chi connectivity index (χ0v) is 8.89. The lowest BCUT2D eigenvalue weighted by Gasteiger charge is -2.03. The average Bonchev–Trinajstić information content (AvgIpc) is 2.60. The molecule has 0 atom stereocenters. The van der Waals surface area contributed by atoms with Crippen molar-refractivity contribution in [2.75, 3.05) is 12.3 Å². The highest BCUT2D eigenvalue weighted by molar-refractivity contribution is 7.98. The summed E-state index contributed by atoms with van der Waals surface area (Å²) in [6, 6.07) is 0. The first-order valence-corrected chi connectivity index (χ1v) is 5.81. The van der Waals surface area contributed by atoms with E-state index in [-0.39, 0.29) is 0 Å². The molecule has 0 spiro atoms. The predicted octanol–water partition coefficient (Wildman–Crippen LogP) is 1.48. The molecule has 0 radical (unpaired) electrons. The highest BCUT2D eigenvalue weighted by atomic mass is 32.2. The van der Waals surface area contributed by atoms with Gasteiger partial charge in [-0.05, 0) is 25.6 Å². The van der Waals surface area contributed by atoms with E-state index >= 15 is 0 Å². The topological polar surface area (TPSA) is 43.8 Å². The van der Waals surface area contributed by atoms with Gasteiger partial charge in [0.25, 0.3) is 0 Å². The van der Waals surface area contributed by atoms with Crippen LogP contribution in [0.3, 0.4) is 0 Å². The van der Waals surface area contributed by atoms with Gasteiger partial charge in [-0.3, -0.25) is 0 Å². The fourth-order valence-corrected chi connectivity index (χ4v) is 2.06. The maximum Gasteiger partial charge on any atom is 0.118 e. The second-order valence-electron chi connectivity index (χ2n) is 2.82. The monoisotopic (exact) mass is 199 g/mol. The SMILES string of the molecule is CCn1ccnc1CSCCCN. The molecule has 1 aromatic heterocycles. The minimum atomic E-state index is 0.787. The number of nitrogens with two attached hydrogens (primary N) is 1. The third-order valence-electron chi connectivity index (χ3n) is 1.87. The van der Waals surface area contributed by atoms with Crippen molar-refractivity contribution < 1.29 is 0 Å². The summed E-state index contributed by atoms with van der Waals surface area (Å²) in [4.78, 5) is 4.30. The Labute approximate surface area is 83.7 Å². The van der Waals surface area contributed by atoms with Crippen molar-refractivity contribution in [2.45, 2.75) is 25.6 Å². The van der Waals surface area contributed by atoms with E-state index in [9.17, 15) is 0 Å². The van der Waals surface area contributed by atoms with Crippen LogP contribution in [-0.4, -0.2) is 21.8 Å². The van der Waals surface area contributed by atoms with Crippen molar-refractivity contribution in [1.29, 1.82) is 0 Å². The predicted molar refractivity (Wildman–Crippen MR) is 57.7 cm³/mol. The molecule has 1 heterocycles. The highest BCUT2D eigenvalue weighted by Gasteiger charge is 1.99. The van der Waals surface area contributed by atoms with Crippen LogP contribution in [0.4, 0.5) is 0 Å². The van der Waals surface area contributed by atoms with E-state index in [0.29, 0.717) is 0 Å². The van der Waals surface area contributed by atoms with Gasteiger partial charge in [0.05, 0.1) is 5.75 Å². The van der Waals surface area contributed by atoms with Crippen molar-refractivity contribution in [3.63, 3.8) is 0 Å². The standard InChI is InChI=1S/C9H17N3S/c1-2-12-6-5-11-9(12)8-13-7-3-4-10/h5-6H,2-4,7-8,10H2,1H3. The van der Waals surface area contributed by atoms with Crippen molar-refractivity contribution in [2.24, 2.45) is 5.73 Å². The first-order valence-electron chi connectivity index (χ1n) is 4.66. The third-order valence-corrected chi connectivity index (χ3v) is 2.91. The summed E-state index contributed by atoms with van der Waals surface area (Å²) in [5.41, 5.74) is 5.41. The van der Waals surface area contributed by atoms with Crippen LogP contribution in [0, 0.1) is 0 Å². The molecule has 74 valence electrons. The van der Waals surface area contributed by atoms with E-state index < -0.39 is 0 Å². The Balaban J connectivity index is 2.27. The quantitative estimate of drug-likeness (QED) is 0.706. The first-order chi connectivity index (χ1) is 6.38. The fraction of sp³-hybridized carbons (Fsp3) is 0.667. The second kappa shape index (κ2) is 6.05. The van der Waals surface area contributed by atoms with E-state index in [0.717, 1.165) is 31.0 Å². The van der Waals surface area contributed by atoms with E-state index in [1.165, 1.54) is 5.82 Å². The largest absolute Gasteiger partial charge is 0.335 e. The molecule has 0 aromatic carbocycles. The number of hydrogen-bond donors (Lipinski definition) is 1. The van der Waals surface area contributed by atoms with Gasteiger partial charge in [-0.15, -0.1) is 0 Å².